The summed E-state index contributed by atoms with van der Waals surface area (Å²) in [6.45, 7) is 6.06. The predicted molar refractivity (Wildman–Crippen MR) is 77.8 cm³/mol. The molecule has 0 aliphatic heterocycles. The Balaban J connectivity index is 2.51. The molecule has 106 valence electrons. The Kier molecular flexibility index (Phi) is 4.23. The van der Waals surface area contributed by atoms with Crippen LogP contribution >= 0.6 is 0 Å². The van der Waals surface area contributed by atoms with Gasteiger partial charge in [-0.15, -0.1) is 0 Å². The highest BCUT2D eigenvalue weighted by Gasteiger charge is 2.16. The first-order valence-corrected chi connectivity index (χ1v) is 7.14. The van der Waals surface area contributed by atoms with Crippen LogP contribution in [0.4, 0.5) is 0 Å². The summed E-state index contributed by atoms with van der Waals surface area (Å²) >= 11 is 0. The molecule has 0 spiro atoms. The van der Waals surface area contributed by atoms with E-state index >= 15 is 0 Å². The van der Waals surface area contributed by atoms with E-state index in [1.807, 2.05) is 6.07 Å². The van der Waals surface area contributed by atoms with E-state index in [1.54, 1.807) is 13.0 Å². The van der Waals surface area contributed by atoms with Crippen LogP contribution in [0.1, 0.15) is 62.4 Å². The maximum Gasteiger partial charge on any atom is 0.289 e. The zero-order valence-electron chi connectivity index (χ0n) is 12.2. The first kappa shape index (κ1) is 14.3. The molecule has 5 heteroatoms. The van der Waals surface area contributed by atoms with Crippen LogP contribution in [0, 0.1) is 18.3 Å². The summed E-state index contributed by atoms with van der Waals surface area (Å²) < 4.78 is 1.38. The van der Waals surface area contributed by atoms with Gasteiger partial charge >= 0.3 is 0 Å². The zero-order chi connectivity index (χ0) is 14.7. The van der Waals surface area contributed by atoms with E-state index in [9.17, 15) is 4.79 Å². The number of hydrogen-bond donors (Lipinski definition) is 1. The third-order valence-electron chi connectivity index (χ3n) is 3.74. The first-order chi connectivity index (χ1) is 9.62. The van der Waals surface area contributed by atoms with Crippen molar-refractivity contribution in [3.8, 4) is 6.07 Å². The molecule has 2 rings (SSSR count). The topological polar surface area (TPSA) is 73.9 Å². The minimum absolute atomic E-state index is 0.180. The van der Waals surface area contributed by atoms with Gasteiger partial charge in [0.2, 0.25) is 0 Å². The van der Waals surface area contributed by atoms with E-state index < -0.39 is 0 Å². The second-order valence-electron chi connectivity index (χ2n) is 5.17. The van der Waals surface area contributed by atoms with Crippen LogP contribution in [0.25, 0.3) is 5.65 Å². The average molecular weight is 272 g/mol. The molecule has 1 N–H and O–H groups in total. The van der Waals surface area contributed by atoms with Crippen LogP contribution in [0.15, 0.2) is 10.9 Å². The number of unbranched alkanes of at least 4 members (excludes halogenated alkanes) is 1. The number of fused-ring (bicyclic) bond motifs is 1. The van der Waals surface area contributed by atoms with Crippen LogP contribution in [0.5, 0.6) is 0 Å². The smallest absolute Gasteiger partial charge is 0.276 e. The number of nitriles is 1. The van der Waals surface area contributed by atoms with E-state index in [0.717, 1.165) is 31.5 Å². The van der Waals surface area contributed by atoms with Gasteiger partial charge in [-0.1, -0.05) is 26.7 Å². The molecule has 0 amide bonds. The van der Waals surface area contributed by atoms with Gasteiger partial charge in [0.05, 0.1) is 0 Å². The molecule has 2 aromatic heterocycles. The molecule has 5 nitrogen and oxygen atoms in total. The molecule has 0 aliphatic rings. The van der Waals surface area contributed by atoms with Gasteiger partial charge in [0.1, 0.15) is 17.5 Å². The Morgan fingerprint density at radius 3 is 2.85 bits per heavy atom. The number of nitrogens with one attached hydrogen (secondary N) is 1. The Hall–Kier alpha value is -2.09. The maximum absolute atomic E-state index is 12.2. The highest BCUT2D eigenvalue weighted by atomic mass is 16.1. The standard InChI is InChI=1S/C15H20N4O/c1-4-6-7-11(5-2)14-17-13-8-10(3)12(9-16)15(20)19(13)18-14/h8,11H,4-7H2,1-3H3,(H,17,18). The van der Waals surface area contributed by atoms with E-state index in [0.29, 0.717) is 17.1 Å². The Morgan fingerprint density at radius 2 is 2.25 bits per heavy atom. The van der Waals surface area contributed by atoms with E-state index in [1.165, 1.54) is 4.52 Å². The molecule has 0 aliphatic carbocycles. The lowest BCUT2D eigenvalue weighted by Crippen LogP contribution is -2.18. The van der Waals surface area contributed by atoms with Gasteiger partial charge in [0, 0.05) is 5.92 Å². The minimum atomic E-state index is -0.313. The SMILES string of the molecule is CCCCC(CC)c1nc2cc(C)c(C#N)c(=O)n2[nH]1. The number of aromatic amines is 1. The van der Waals surface area contributed by atoms with Gasteiger partial charge in [-0.2, -0.15) is 9.78 Å². The third kappa shape index (κ3) is 2.46. The summed E-state index contributed by atoms with van der Waals surface area (Å²) in [4.78, 5) is 16.7. The highest BCUT2D eigenvalue weighted by Crippen LogP contribution is 2.23. The number of pyridine rings is 1. The number of rotatable bonds is 5. The molecule has 20 heavy (non-hydrogen) atoms. The van der Waals surface area contributed by atoms with Crippen LogP contribution in [-0.2, 0) is 0 Å². The summed E-state index contributed by atoms with van der Waals surface area (Å²) in [6, 6.07) is 3.75. The van der Waals surface area contributed by atoms with Crippen molar-refractivity contribution in [3.63, 3.8) is 0 Å². The lowest BCUT2D eigenvalue weighted by molar-refractivity contribution is 0.542. The second-order valence-corrected chi connectivity index (χ2v) is 5.17. The maximum atomic E-state index is 12.2. The summed E-state index contributed by atoms with van der Waals surface area (Å²) in [5.74, 6) is 1.17. The summed E-state index contributed by atoms with van der Waals surface area (Å²) in [5.41, 5.74) is 1.14. The van der Waals surface area contributed by atoms with Crippen molar-refractivity contribution in [3.05, 3.63) is 33.4 Å². The predicted octanol–water partition coefficient (Wildman–Crippen LogP) is 2.89. The fourth-order valence-electron chi connectivity index (χ4n) is 2.47. The van der Waals surface area contributed by atoms with E-state index in [4.69, 9.17) is 5.26 Å². The number of aryl methyl sites for hydroxylation is 1. The molecule has 0 bridgehead atoms. The highest BCUT2D eigenvalue weighted by molar-refractivity contribution is 5.47. The summed E-state index contributed by atoms with van der Waals surface area (Å²) in [6.07, 6.45) is 4.34. The fraction of sp³-hybridized carbons (Fsp3) is 0.533. The van der Waals surface area contributed by atoms with Gasteiger partial charge in [0.25, 0.3) is 5.56 Å². The summed E-state index contributed by atoms with van der Waals surface area (Å²) in [7, 11) is 0. The lowest BCUT2D eigenvalue weighted by atomic mass is 9.99. The van der Waals surface area contributed by atoms with Gasteiger partial charge in [-0.25, -0.2) is 4.98 Å². The largest absolute Gasteiger partial charge is 0.289 e. The Bertz CT molecular complexity index is 705. The van der Waals surface area contributed by atoms with Crippen molar-refractivity contribution >= 4 is 5.65 Å². The number of H-pyrrole nitrogens is 1. The average Bonchev–Trinajstić information content (AvgIpc) is 2.84. The van der Waals surface area contributed by atoms with Crippen LogP contribution in [0.2, 0.25) is 0 Å². The minimum Gasteiger partial charge on any atom is -0.276 e. The van der Waals surface area contributed by atoms with Crippen molar-refractivity contribution in [1.82, 2.24) is 14.6 Å². The molecular formula is C15H20N4O. The second kappa shape index (κ2) is 5.91. The van der Waals surface area contributed by atoms with E-state index in [2.05, 4.69) is 23.9 Å². The van der Waals surface area contributed by atoms with Crippen LogP contribution in [0.3, 0.4) is 0 Å². The molecule has 2 heterocycles. The van der Waals surface area contributed by atoms with Gasteiger partial charge < -0.3 is 0 Å². The van der Waals surface area contributed by atoms with Crippen LogP contribution in [-0.4, -0.2) is 14.6 Å². The van der Waals surface area contributed by atoms with Crippen molar-refractivity contribution in [2.45, 2.75) is 52.4 Å². The zero-order valence-corrected chi connectivity index (χ0v) is 12.2. The van der Waals surface area contributed by atoms with Crippen molar-refractivity contribution < 1.29 is 0 Å². The number of nitrogens with zero attached hydrogens (tertiary/aromatic N) is 3. The molecule has 0 aromatic carbocycles. The van der Waals surface area contributed by atoms with Crippen molar-refractivity contribution in [2.24, 2.45) is 0 Å². The molecule has 0 fully saturated rings. The van der Waals surface area contributed by atoms with Gasteiger partial charge in [-0.3, -0.25) is 9.89 Å². The monoisotopic (exact) mass is 272 g/mol. The molecular weight excluding hydrogens is 252 g/mol. The molecule has 1 unspecified atom stereocenters. The quantitative estimate of drug-likeness (QED) is 0.909. The number of hydrogen-bond acceptors (Lipinski definition) is 3. The molecule has 2 aromatic rings. The Morgan fingerprint density at radius 1 is 1.50 bits per heavy atom. The molecule has 0 saturated heterocycles. The molecule has 0 saturated carbocycles. The van der Waals surface area contributed by atoms with Crippen molar-refractivity contribution in [1.29, 1.82) is 5.26 Å². The third-order valence-corrected chi connectivity index (χ3v) is 3.74. The summed E-state index contributed by atoms with van der Waals surface area (Å²) in [5, 5.41) is 12.1. The Labute approximate surface area is 118 Å². The van der Waals surface area contributed by atoms with Gasteiger partial charge in [0.15, 0.2) is 5.65 Å². The first-order valence-electron chi connectivity index (χ1n) is 7.14. The van der Waals surface area contributed by atoms with Crippen molar-refractivity contribution in [2.75, 3.05) is 0 Å². The fourth-order valence-corrected chi connectivity index (χ4v) is 2.47. The lowest BCUT2D eigenvalue weighted by Gasteiger charge is -2.10. The van der Waals surface area contributed by atoms with Crippen LogP contribution < -0.4 is 5.56 Å². The normalized spacial score (nSPS) is 12.5. The van der Waals surface area contributed by atoms with Gasteiger partial charge in [-0.05, 0) is 31.4 Å². The van der Waals surface area contributed by atoms with E-state index in [-0.39, 0.29) is 11.1 Å². The number of aromatic nitrogens is 3. The molecule has 1 atom stereocenters. The molecule has 0 radical (unpaired) electrons.